The number of hydrogen-bond acceptors (Lipinski definition) is 4. The molecule has 27 heavy (non-hydrogen) atoms. The van der Waals surface area contributed by atoms with Gasteiger partial charge in [-0.25, -0.2) is 0 Å². The molecule has 1 amide bonds. The van der Waals surface area contributed by atoms with E-state index < -0.39 is 5.92 Å². The molecule has 3 N–H and O–H groups in total. The molecule has 3 aromatic rings. The van der Waals surface area contributed by atoms with Crippen molar-refractivity contribution in [2.75, 3.05) is 25.3 Å². The molecule has 0 fully saturated rings. The first kappa shape index (κ1) is 18.3. The molecule has 0 aromatic heterocycles. The summed E-state index contributed by atoms with van der Waals surface area (Å²) < 4.78 is 10.6. The Bertz CT molecular complexity index is 872. The van der Waals surface area contributed by atoms with Crippen molar-refractivity contribution in [3.05, 3.63) is 83.9 Å². The first-order valence-corrected chi connectivity index (χ1v) is 8.56. The van der Waals surface area contributed by atoms with Crippen molar-refractivity contribution in [2.45, 2.75) is 5.92 Å². The van der Waals surface area contributed by atoms with Crippen molar-refractivity contribution in [1.82, 2.24) is 0 Å². The summed E-state index contributed by atoms with van der Waals surface area (Å²) in [6, 6.07) is 22.6. The highest BCUT2D eigenvalue weighted by molar-refractivity contribution is 6.00. The molecule has 0 aliphatic rings. The Morgan fingerprint density at radius 2 is 1.33 bits per heavy atom. The first-order valence-electron chi connectivity index (χ1n) is 8.56. The Hall–Kier alpha value is -3.47. The van der Waals surface area contributed by atoms with E-state index in [1.807, 2.05) is 60.7 Å². The quantitative estimate of drug-likeness (QED) is 0.649. The van der Waals surface area contributed by atoms with Crippen molar-refractivity contribution in [3.8, 4) is 11.5 Å². The minimum absolute atomic E-state index is 0.175. The molecule has 5 heteroatoms. The van der Waals surface area contributed by atoms with E-state index in [4.69, 9.17) is 15.2 Å². The molecule has 0 saturated carbocycles. The summed E-state index contributed by atoms with van der Waals surface area (Å²) in [6.45, 7) is 0. The van der Waals surface area contributed by atoms with E-state index in [-0.39, 0.29) is 5.91 Å². The molecule has 3 rings (SSSR count). The van der Waals surface area contributed by atoms with Crippen LogP contribution < -0.4 is 20.5 Å². The second kappa shape index (κ2) is 8.27. The Kier molecular flexibility index (Phi) is 5.61. The molecule has 0 saturated heterocycles. The van der Waals surface area contributed by atoms with Crippen LogP contribution in [0.5, 0.6) is 11.5 Å². The zero-order chi connectivity index (χ0) is 19.2. The summed E-state index contributed by atoms with van der Waals surface area (Å²) in [5.41, 5.74) is 8.79. The van der Waals surface area contributed by atoms with Gasteiger partial charge in [0.25, 0.3) is 0 Å². The predicted octanol–water partition coefficient (Wildman–Crippen LogP) is 4.06. The van der Waals surface area contributed by atoms with Gasteiger partial charge in [0.15, 0.2) is 11.5 Å². The van der Waals surface area contributed by atoms with Crippen molar-refractivity contribution < 1.29 is 14.3 Å². The van der Waals surface area contributed by atoms with Crippen LogP contribution in [-0.4, -0.2) is 20.1 Å². The number of amides is 1. The first-order chi connectivity index (χ1) is 13.1. The van der Waals surface area contributed by atoms with Crippen LogP contribution >= 0.6 is 0 Å². The highest BCUT2D eigenvalue weighted by Crippen LogP contribution is 2.36. The number of benzene rings is 3. The lowest BCUT2D eigenvalue weighted by atomic mass is 9.90. The molecule has 138 valence electrons. The van der Waals surface area contributed by atoms with Crippen LogP contribution in [0.15, 0.2) is 72.8 Å². The molecule has 0 unspecified atom stereocenters. The number of methoxy groups -OCH3 is 2. The fraction of sp³-hybridized carbons (Fsp3) is 0.136. The molecule has 5 nitrogen and oxygen atoms in total. The van der Waals surface area contributed by atoms with Crippen LogP contribution in [0.25, 0.3) is 0 Å². The number of nitrogens with one attached hydrogen (secondary N) is 1. The summed E-state index contributed by atoms with van der Waals surface area (Å²) >= 11 is 0. The molecule has 0 spiro atoms. The number of carbonyl (C=O) groups is 1. The summed E-state index contributed by atoms with van der Waals surface area (Å²) in [6.07, 6.45) is 0. The Labute approximate surface area is 158 Å². The summed E-state index contributed by atoms with van der Waals surface area (Å²) in [7, 11) is 3.08. The number of hydrogen-bond donors (Lipinski definition) is 2. The molecule has 0 heterocycles. The fourth-order valence-corrected chi connectivity index (χ4v) is 2.99. The third kappa shape index (κ3) is 4.03. The van der Waals surface area contributed by atoms with Crippen LogP contribution in [-0.2, 0) is 4.79 Å². The lowest BCUT2D eigenvalue weighted by Gasteiger charge is -2.19. The third-order valence-corrected chi connectivity index (χ3v) is 4.34. The van der Waals surface area contributed by atoms with Crippen LogP contribution in [0.3, 0.4) is 0 Å². The summed E-state index contributed by atoms with van der Waals surface area (Å²) in [5.74, 6) is 0.375. The van der Waals surface area contributed by atoms with Gasteiger partial charge in [-0.1, -0.05) is 60.7 Å². The number of ether oxygens (including phenoxy) is 2. The van der Waals surface area contributed by atoms with E-state index in [1.54, 1.807) is 12.1 Å². The number of nitrogens with two attached hydrogens (primary N) is 1. The standard InChI is InChI=1S/C22H22N2O3/c1-26-19-13-17(23)18(14-20(19)27-2)24-22(25)21(15-9-5-3-6-10-15)16-11-7-4-8-12-16/h3-14,21H,23H2,1-2H3,(H,24,25). The predicted molar refractivity (Wildman–Crippen MR) is 107 cm³/mol. The van der Waals surface area contributed by atoms with Gasteiger partial charge in [0.05, 0.1) is 31.5 Å². The van der Waals surface area contributed by atoms with Crippen molar-refractivity contribution in [3.63, 3.8) is 0 Å². The lowest BCUT2D eigenvalue weighted by molar-refractivity contribution is -0.116. The molecular formula is C22H22N2O3. The van der Waals surface area contributed by atoms with E-state index in [2.05, 4.69) is 5.32 Å². The molecule has 0 bridgehead atoms. The maximum absolute atomic E-state index is 13.2. The second-order valence-corrected chi connectivity index (χ2v) is 6.04. The zero-order valence-corrected chi connectivity index (χ0v) is 15.3. The van der Waals surface area contributed by atoms with Gasteiger partial charge in [0.1, 0.15) is 0 Å². The van der Waals surface area contributed by atoms with Crippen molar-refractivity contribution in [1.29, 1.82) is 0 Å². The maximum Gasteiger partial charge on any atom is 0.236 e. The highest BCUT2D eigenvalue weighted by atomic mass is 16.5. The van der Waals surface area contributed by atoms with Gasteiger partial charge in [-0.2, -0.15) is 0 Å². The average molecular weight is 362 g/mol. The molecule has 0 aliphatic carbocycles. The third-order valence-electron chi connectivity index (χ3n) is 4.34. The SMILES string of the molecule is COc1cc(N)c(NC(=O)C(c2ccccc2)c2ccccc2)cc1OC. The zero-order valence-electron chi connectivity index (χ0n) is 15.3. The molecule has 0 atom stereocenters. The van der Waals surface area contributed by atoms with Crippen LogP contribution in [0, 0.1) is 0 Å². The van der Waals surface area contributed by atoms with E-state index >= 15 is 0 Å². The molecular weight excluding hydrogens is 340 g/mol. The number of carbonyl (C=O) groups excluding carboxylic acids is 1. The van der Waals surface area contributed by atoms with Crippen molar-refractivity contribution in [2.24, 2.45) is 0 Å². The topological polar surface area (TPSA) is 73.6 Å². The summed E-state index contributed by atoms with van der Waals surface area (Å²) in [4.78, 5) is 13.2. The van der Waals surface area contributed by atoms with Crippen LogP contribution in [0.1, 0.15) is 17.0 Å². The summed E-state index contributed by atoms with van der Waals surface area (Å²) in [5, 5.41) is 2.93. The monoisotopic (exact) mass is 362 g/mol. The van der Waals surface area contributed by atoms with Crippen molar-refractivity contribution >= 4 is 17.3 Å². The van der Waals surface area contributed by atoms with E-state index in [1.165, 1.54) is 14.2 Å². The van der Waals surface area contributed by atoms with E-state index in [9.17, 15) is 4.79 Å². The van der Waals surface area contributed by atoms with Gasteiger partial charge in [0.2, 0.25) is 5.91 Å². The van der Waals surface area contributed by atoms with E-state index in [0.717, 1.165) is 11.1 Å². The second-order valence-electron chi connectivity index (χ2n) is 6.04. The van der Waals surface area contributed by atoms with E-state index in [0.29, 0.717) is 22.9 Å². The Balaban J connectivity index is 1.97. The van der Waals surface area contributed by atoms with Gasteiger partial charge in [-0.3, -0.25) is 4.79 Å². The number of nitrogen functional groups attached to an aromatic ring is 1. The number of rotatable bonds is 6. The molecule has 3 aromatic carbocycles. The van der Waals surface area contributed by atoms with Crippen LogP contribution in [0.2, 0.25) is 0 Å². The highest BCUT2D eigenvalue weighted by Gasteiger charge is 2.23. The van der Waals surface area contributed by atoms with Gasteiger partial charge < -0.3 is 20.5 Å². The van der Waals surface area contributed by atoms with Gasteiger partial charge >= 0.3 is 0 Å². The largest absolute Gasteiger partial charge is 0.493 e. The van der Waals surface area contributed by atoms with Crippen LogP contribution in [0.4, 0.5) is 11.4 Å². The normalized spacial score (nSPS) is 10.5. The fourth-order valence-electron chi connectivity index (χ4n) is 2.99. The molecule has 0 aliphatic heterocycles. The maximum atomic E-state index is 13.2. The Morgan fingerprint density at radius 1 is 0.852 bits per heavy atom. The van der Waals surface area contributed by atoms with Gasteiger partial charge in [0, 0.05) is 12.1 Å². The lowest BCUT2D eigenvalue weighted by Crippen LogP contribution is -2.22. The number of anilines is 2. The van der Waals surface area contributed by atoms with Gasteiger partial charge in [-0.05, 0) is 11.1 Å². The van der Waals surface area contributed by atoms with Gasteiger partial charge in [-0.15, -0.1) is 0 Å². The minimum Gasteiger partial charge on any atom is -0.493 e. The Morgan fingerprint density at radius 3 is 1.81 bits per heavy atom. The minimum atomic E-state index is -0.458. The average Bonchev–Trinajstić information content (AvgIpc) is 2.71. The smallest absolute Gasteiger partial charge is 0.236 e. The molecule has 0 radical (unpaired) electrons.